The lowest BCUT2D eigenvalue weighted by Gasteiger charge is -2.30. The van der Waals surface area contributed by atoms with E-state index in [-0.39, 0.29) is 17.9 Å². The first kappa shape index (κ1) is 24.7. The fourth-order valence-corrected chi connectivity index (χ4v) is 4.63. The van der Waals surface area contributed by atoms with Gasteiger partial charge in [0.2, 0.25) is 15.9 Å². The maximum Gasteiger partial charge on any atom is 0.244 e. The molecule has 2 rings (SSSR count). The molecule has 1 N–H and O–H groups in total. The Morgan fingerprint density at radius 2 is 1.71 bits per heavy atom. The Kier molecular flexibility index (Phi) is 8.12. The summed E-state index contributed by atoms with van der Waals surface area (Å²) < 4.78 is 32.1. The van der Waals surface area contributed by atoms with Gasteiger partial charge in [-0.3, -0.25) is 9.10 Å². The van der Waals surface area contributed by atoms with Gasteiger partial charge in [-0.15, -0.1) is 0 Å². The van der Waals surface area contributed by atoms with Crippen LogP contribution < -0.4 is 14.4 Å². The Morgan fingerprint density at radius 1 is 1.10 bits per heavy atom. The number of carbonyl (C=O) groups is 1. The van der Waals surface area contributed by atoms with Gasteiger partial charge in [-0.25, -0.2) is 8.42 Å². The third-order valence-electron chi connectivity index (χ3n) is 4.97. The number of nitrogens with zero attached hydrogens (tertiary/aromatic N) is 1. The van der Waals surface area contributed by atoms with Crippen LogP contribution in [0, 0.1) is 6.92 Å². The Hall–Kier alpha value is -2.54. The first-order valence-electron chi connectivity index (χ1n) is 10.5. The number of benzene rings is 2. The van der Waals surface area contributed by atoms with E-state index in [9.17, 15) is 13.2 Å². The fourth-order valence-electron chi connectivity index (χ4n) is 3.42. The second kappa shape index (κ2) is 10.2. The third-order valence-corrected chi connectivity index (χ3v) is 6.15. The molecular formula is C24H34N2O4S. The van der Waals surface area contributed by atoms with Gasteiger partial charge in [0.05, 0.1) is 18.5 Å². The minimum absolute atomic E-state index is 0.0584. The quantitative estimate of drug-likeness (QED) is 0.590. The van der Waals surface area contributed by atoms with Crippen molar-refractivity contribution in [2.24, 2.45) is 0 Å². The van der Waals surface area contributed by atoms with Crippen molar-refractivity contribution in [1.82, 2.24) is 5.32 Å². The molecule has 0 saturated heterocycles. The summed E-state index contributed by atoms with van der Waals surface area (Å²) in [6, 6.07) is 14.1. The highest BCUT2D eigenvalue weighted by atomic mass is 32.2. The van der Waals surface area contributed by atoms with E-state index < -0.39 is 16.1 Å². The van der Waals surface area contributed by atoms with Gasteiger partial charge in [0.25, 0.3) is 0 Å². The summed E-state index contributed by atoms with van der Waals surface area (Å²) in [5, 5.41) is 2.83. The van der Waals surface area contributed by atoms with Gasteiger partial charge >= 0.3 is 0 Å². The molecule has 170 valence electrons. The number of nitrogens with one attached hydrogen (secondary N) is 1. The van der Waals surface area contributed by atoms with Gasteiger partial charge in [-0.1, -0.05) is 63.6 Å². The van der Waals surface area contributed by atoms with Crippen LogP contribution in [0.25, 0.3) is 0 Å². The molecule has 31 heavy (non-hydrogen) atoms. The average molecular weight is 447 g/mol. The highest BCUT2D eigenvalue weighted by molar-refractivity contribution is 7.92. The van der Waals surface area contributed by atoms with Crippen LogP contribution >= 0.6 is 0 Å². The molecule has 0 aliphatic carbocycles. The maximum absolute atomic E-state index is 12.9. The summed E-state index contributed by atoms with van der Waals surface area (Å²) in [7, 11) is -3.64. The van der Waals surface area contributed by atoms with Crippen molar-refractivity contribution in [3.8, 4) is 5.75 Å². The number of aryl methyl sites for hydroxylation is 1. The lowest BCUT2D eigenvalue weighted by atomic mass is 9.86. The van der Waals surface area contributed by atoms with Gasteiger partial charge < -0.3 is 10.1 Å². The van der Waals surface area contributed by atoms with Crippen LogP contribution in [0.2, 0.25) is 0 Å². The van der Waals surface area contributed by atoms with Crippen LogP contribution in [0.4, 0.5) is 5.69 Å². The third kappa shape index (κ3) is 6.72. The lowest BCUT2D eigenvalue weighted by Crippen LogP contribution is -2.50. The van der Waals surface area contributed by atoms with Gasteiger partial charge in [0, 0.05) is 0 Å². The molecule has 2 aromatic carbocycles. The predicted octanol–water partition coefficient (Wildman–Crippen LogP) is 4.03. The molecule has 0 saturated carbocycles. The molecule has 0 radical (unpaired) electrons. The summed E-state index contributed by atoms with van der Waals surface area (Å²) in [6.07, 6.45) is 1.47. The average Bonchev–Trinajstić information content (AvgIpc) is 2.68. The molecule has 0 unspecified atom stereocenters. The topological polar surface area (TPSA) is 75.7 Å². The SMILES string of the molecule is CC[C@H](C(=O)NCCOc1ccccc1C(C)(C)C)N(c1ccc(C)cc1)S(C)(=O)=O. The summed E-state index contributed by atoms with van der Waals surface area (Å²) >= 11 is 0. The number of ether oxygens (including phenoxy) is 1. The highest BCUT2D eigenvalue weighted by Crippen LogP contribution is 2.30. The standard InChI is InChI=1S/C24H34N2O4S/c1-7-21(26(31(6,28)29)19-14-12-18(2)13-15-19)23(27)25-16-17-30-22-11-9-8-10-20(22)24(3,4)5/h8-15,21H,7,16-17H2,1-6H3,(H,25,27)/t21-/m1/s1. The molecule has 0 aliphatic heterocycles. The number of sulfonamides is 1. The second-order valence-corrected chi connectivity index (χ2v) is 10.6. The zero-order chi connectivity index (χ0) is 23.2. The summed E-state index contributed by atoms with van der Waals surface area (Å²) in [4.78, 5) is 12.9. The largest absolute Gasteiger partial charge is 0.491 e. The summed E-state index contributed by atoms with van der Waals surface area (Å²) in [6.45, 7) is 10.6. The predicted molar refractivity (Wildman–Crippen MR) is 126 cm³/mol. The van der Waals surface area contributed by atoms with Crippen LogP contribution in [0.5, 0.6) is 5.75 Å². The fraction of sp³-hybridized carbons (Fsp3) is 0.458. The maximum atomic E-state index is 12.9. The first-order valence-corrected chi connectivity index (χ1v) is 12.4. The van der Waals surface area contributed by atoms with Crippen molar-refractivity contribution in [3.05, 3.63) is 59.7 Å². The van der Waals surface area contributed by atoms with Gasteiger partial charge in [0.15, 0.2) is 0 Å². The van der Waals surface area contributed by atoms with Crippen molar-refractivity contribution in [3.63, 3.8) is 0 Å². The number of rotatable bonds is 9. The van der Waals surface area contributed by atoms with Gasteiger partial charge in [-0.05, 0) is 42.5 Å². The molecule has 6 nitrogen and oxygen atoms in total. The molecule has 0 aliphatic rings. The summed E-state index contributed by atoms with van der Waals surface area (Å²) in [5.74, 6) is 0.440. The Morgan fingerprint density at radius 3 is 2.26 bits per heavy atom. The Bertz CT molecular complexity index is 979. The molecule has 0 aromatic heterocycles. The van der Waals surface area contributed by atoms with Gasteiger partial charge in [0.1, 0.15) is 18.4 Å². The zero-order valence-electron chi connectivity index (χ0n) is 19.3. The molecule has 7 heteroatoms. The van der Waals surface area contributed by atoms with E-state index in [1.54, 1.807) is 19.1 Å². The molecule has 0 spiro atoms. The van der Waals surface area contributed by atoms with Crippen molar-refractivity contribution in [2.75, 3.05) is 23.7 Å². The minimum Gasteiger partial charge on any atom is -0.491 e. The van der Waals surface area contributed by atoms with Crippen molar-refractivity contribution < 1.29 is 17.9 Å². The van der Waals surface area contributed by atoms with Crippen LogP contribution in [0.15, 0.2) is 48.5 Å². The van der Waals surface area contributed by atoms with Crippen LogP contribution in [0.3, 0.4) is 0 Å². The molecule has 2 aromatic rings. The molecule has 0 bridgehead atoms. The van der Waals surface area contributed by atoms with E-state index in [0.29, 0.717) is 18.7 Å². The number of amides is 1. The smallest absolute Gasteiger partial charge is 0.244 e. The first-order chi connectivity index (χ1) is 14.4. The lowest BCUT2D eigenvalue weighted by molar-refractivity contribution is -0.122. The highest BCUT2D eigenvalue weighted by Gasteiger charge is 2.31. The number of anilines is 1. The van der Waals surface area contributed by atoms with E-state index in [0.717, 1.165) is 23.1 Å². The Balaban J connectivity index is 2.07. The monoisotopic (exact) mass is 446 g/mol. The van der Waals surface area contributed by atoms with Crippen LogP contribution in [-0.2, 0) is 20.2 Å². The van der Waals surface area contributed by atoms with Crippen molar-refractivity contribution in [2.45, 2.75) is 52.5 Å². The molecule has 1 amide bonds. The molecular weight excluding hydrogens is 412 g/mol. The number of para-hydroxylation sites is 1. The normalized spacial score (nSPS) is 12.8. The molecule has 0 fully saturated rings. The number of hydrogen-bond acceptors (Lipinski definition) is 4. The van der Waals surface area contributed by atoms with E-state index in [4.69, 9.17) is 4.74 Å². The van der Waals surface area contributed by atoms with Crippen molar-refractivity contribution in [1.29, 1.82) is 0 Å². The number of hydrogen-bond donors (Lipinski definition) is 1. The van der Waals surface area contributed by atoms with E-state index in [1.165, 1.54) is 4.31 Å². The van der Waals surface area contributed by atoms with E-state index >= 15 is 0 Å². The molecule has 1 atom stereocenters. The van der Waals surface area contributed by atoms with E-state index in [1.807, 2.05) is 43.3 Å². The summed E-state index contributed by atoms with van der Waals surface area (Å²) in [5.41, 5.74) is 2.53. The van der Waals surface area contributed by atoms with Gasteiger partial charge in [-0.2, -0.15) is 0 Å². The zero-order valence-corrected chi connectivity index (χ0v) is 20.1. The number of carbonyl (C=O) groups excluding carboxylic acids is 1. The van der Waals surface area contributed by atoms with Crippen LogP contribution in [-0.4, -0.2) is 39.8 Å². The van der Waals surface area contributed by atoms with Crippen LogP contribution in [0.1, 0.15) is 45.2 Å². The second-order valence-electron chi connectivity index (χ2n) is 8.70. The minimum atomic E-state index is -3.64. The van der Waals surface area contributed by atoms with Crippen molar-refractivity contribution >= 4 is 21.6 Å². The Labute approximate surface area is 186 Å². The molecule has 0 heterocycles. The van der Waals surface area contributed by atoms with E-state index in [2.05, 4.69) is 26.1 Å².